The molecule has 0 saturated carbocycles. The number of aromatic nitrogens is 4. The van der Waals surface area contributed by atoms with E-state index in [9.17, 15) is 0 Å². The third-order valence-corrected chi connectivity index (χ3v) is 5.18. The molecular weight excluding hydrogens is 346 g/mol. The van der Waals surface area contributed by atoms with Crippen LogP contribution < -0.4 is 10.1 Å². The zero-order chi connectivity index (χ0) is 19.4. The van der Waals surface area contributed by atoms with E-state index >= 15 is 0 Å². The van der Waals surface area contributed by atoms with Gasteiger partial charge in [0.1, 0.15) is 0 Å². The molecule has 1 N–H and O–H groups in total. The minimum absolute atomic E-state index is 0.0106. The van der Waals surface area contributed by atoms with E-state index in [0.29, 0.717) is 18.4 Å². The fourth-order valence-corrected chi connectivity index (χ4v) is 3.65. The first-order valence-electron chi connectivity index (χ1n) is 9.78. The zero-order valence-electron chi connectivity index (χ0n) is 17.0. The molecule has 2 aromatic rings. The number of aryl methyl sites for hydroxylation is 2. The first-order chi connectivity index (χ1) is 13.0. The number of rotatable bonds is 8. The summed E-state index contributed by atoms with van der Waals surface area (Å²) in [5.41, 5.74) is 2.13. The van der Waals surface area contributed by atoms with Crippen molar-refractivity contribution in [2.24, 2.45) is 13.0 Å². The Kier molecular flexibility index (Phi) is 6.49. The molecule has 1 fully saturated rings. The standard InChI is InChI=1S/C19H31N5O3/c1-6-15-14(19(25-5)24(4)22-15)11-20-16(13-7-9-26-10-8-13)18-21-17(12(2)3)23-27-18/h12-13,16,20H,6-11H2,1-5H3/t16-/m1/s1. The SMILES string of the molecule is CCc1nn(C)c(OC)c1CN[C@@H](c1nc(C(C)C)no1)C1CCOCC1. The van der Waals surface area contributed by atoms with Crippen molar-refractivity contribution in [2.75, 3.05) is 20.3 Å². The van der Waals surface area contributed by atoms with Crippen molar-refractivity contribution in [3.63, 3.8) is 0 Å². The Bertz CT molecular complexity index is 734. The van der Waals surface area contributed by atoms with Crippen LogP contribution in [-0.4, -0.2) is 40.2 Å². The summed E-state index contributed by atoms with van der Waals surface area (Å²) in [5.74, 6) is 2.83. The number of hydrogen-bond donors (Lipinski definition) is 1. The van der Waals surface area contributed by atoms with E-state index in [1.807, 2.05) is 7.05 Å². The third kappa shape index (κ3) is 4.32. The lowest BCUT2D eigenvalue weighted by Crippen LogP contribution is -2.32. The Balaban J connectivity index is 1.83. The van der Waals surface area contributed by atoms with Crippen LogP contribution in [0.5, 0.6) is 5.88 Å². The number of nitrogens with one attached hydrogen (secondary N) is 1. The highest BCUT2D eigenvalue weighted by atomic mass is 16.5. The molecule has 0 spiro atoms. The summed E-state index contributed by atoms with van der Waals surface area (Å²) in [5, 5.41) is 12.4. The summed E-state index contributed by atoms with van der Waals surface area (Å²) in [4.78, 5) is 4.65. The van der Waals surface area contributed by atoms with Gasteiger partial charge < -0.3 is 19.3 Å². The number of hydrogen-bond acceptors (Lipinski definition) is 7. The maximum atomic E-state index is 5.63. The van der Waals surface area contributed by atoms with Gasteiger partial charge in [-0.05, 0) is 25.2 Å². The Hall–Kier alpha value is -1.93. The normalized spacial score (nSPS) is 16.8. The summed E-state index contributed by atoms with van der Waals surface area (Å²) >= 11 is 0. The van der Waals surface area contributed by atoms with Crippen molar-refractivity contribution >= 4 is 0 Å². The van der Waals surface area contributed by atoms with Gasteiger partial charge >= 0.3 is 0 Å². The summed E-state index contributed by atoms with van der Waals surface area (Å²) in [6.45, 7) is 8.42. The Morgan fingerprint density at radius 3 is 2.63 bits per heavy atom. The van der Waals surface area contributed by atoms with Crippen LogP contribution in [0.3, 0.4) is 0 Å². The molecule has 0 bridgehead atoms. The van der Waals surface area contributed by atoms with Crippen LogP contribution in [0.4, 0.5) is 0 Å². The Morgan fingerprint density at radius 2 is 2.04 bits per heavy atom. The van der Waals surface area contributed by atoms with E-state index in [-0.39, 0.29) is 12.0 Å². The first-order valence-corrected chi connectivity index (χ1v) is 9.78. The minimum Gasteiger partial charge on any atom is -0.481 e. The molecule has 3 rings (SSSR count). The second-order valence-corrected chi connectivity index (χ2v) is 7.37. The minimum atomic E-state index is -0.0106. The van der Waals surface area contributed by atoms with Crippen LogP contribution in [0.2, 0.25) is 0 Å². The van der Waals surface area contributed by atoms with Crippen LogP contribution in [-0.2, 0) is 24.8 Å². The molecule has 0 amide bonds. The molecule has 1 aliphatic heterocycles. The van der Waals surface area contributed by atoms with Gasteiger partial charge in [0.25, 0.3) is 0 Å². The van der Waals surface area contributed by atoms with Crippen molar-refractivity contribution in [3.05, 3.63) is 23.0 Å². The van der Waals surface area contributed by atoms with Gasteiger partial charge in [0.15, 0.2) is 5.82 Å². The molecule has 8 heteroatoms. The molecular formula is C19H31N5O3. The second kappa shape index (κ2) is 8.84. The average molecular weight is 377 g/mol. The fraction of sp³-hybridized carbons (Fsp3) is 0.737. The van der Waals surface area contributed by atoms with Gasteiger partial charge in [-0.3, -0.25) is 0 Å². The van der Waals surface area contributed by atoms with Gasteiger partial charge in [-0.15, -0.1) is 0 Å². The lowest BCUT2D eigenvalue weighted by Gasteiger charge is -2.28. The highest BCUT2D eigenvalue weighted by Crippen LogP contribution is 2.31. The lowest BCUT2D eigenvalue weighted by molar-refractivity contribution is 0.0485. The van der Waals surface area contributed by atoms with Crippen LogP contribution in [0.25, 0.3) is 0 Å². The molecule has 0 aromatic carbocycles. The first kappa shape index (κ1) is 19.8. The van der Waals surface area contributed by atoms with E-state index in [2.05, 4.69) is 41.3 Å². The largest absolute Gasteiger partial charge is 0.481 e. The predicted octanol–water partition coefficient (Wildman–Crippen LogP) is 2.76. The van der Waals surface area contributed by atoms with Crippen LogP contribution in [0.1, 0.15) is 68.5 Å². The molecule has 0 aliphatic carbocycles. The fourth-order valence-electron chi connectivity index (χ4n) is 3.65. The van der Waals surface area contributed by atoms with Crippen molar-refractivity contribution in [2.45, 2.75) is 58.5 Å². The van der Waals surface area contributed by atoms with Crippen molar-refractivity contribution in [3.8, 4) is 5.88 Å². The van der Waals surface area contributed by atoms with Crippen LogP contribution >= 0.6 is 0 Å². The summed E-state index contributed by atoms with van der Waals surface area (Å²) in [6, 6.07) is -0.0106. The van der Waals surface area contributed by atoms with Gasteiger partial charge in [0.05, 0.1) is 24.4 Å². The summed E-state index contributed by atoms with van der Waals surface area (Å²) in [7, 11) is 3.59. The number of ether oxygens (including phenoxy) is 2. The highest BCUT2D eigenvalue weighted by molar-refractivity contribution is 5.31. The van der Waals surface area contributed by atoms with Crippen molar-refractivity contribution < 1.29 is 14.0 Å². The van der Waals surface area contributed by atoms with E-state index in [1.165, 1.54) is 0 Å². The van der Waals surface area contributed by atoms with Crippen LogP contribution in [0, 0.1) is 5.92 Å². The van der Waals surface area contributed by atoms with E-state index in [0.717, 1.165) is 55.4 Å². The summed E-state index contributed by atoms with van der Waals surface area (Å²) in [6.07, 6.45) is 2.80. The molecule has 1 aliphatic rings. The number of nitrogens with zero attached hydrogens (tertiary/aromatic N) is 4. The monoisotopic (exact) mass is 377 g/mol. The molecule has 3 heterocycles. The van der Waals surface area contributed by atoms with Gasteiger partial charge in [0.2, 0.25) is 11.8 Å². The molecule has 1 atom stereocenters. The second-order valence-electron chi connectivity index (χ2n) is 7.37. The molecule has 8 nitrogen and oxygen atoms in total. The molecule has 0 unspecified atom stereocenters. The molecule has 150 valence electrons. The maximum Gasteiger partial charge on any atom is 0.244 e. The zero-order valence-corrected chi connectivity index (χ0v) is 17.0. The smallest absolute Gasteiger partial charge is 0.244 e. The quantitative estimate of drug-likeness (QED) is 0.757. The van der Waals surface area contributed by atoms with Crippen molar-refractivity contribution in [1.82, 2.24) is 25.2 Å². The molecule has 2 aromatic heterocycles. The number of methoxy groups -OCH3 is 1. The molecule has 0 radical (unpaired) electrons. The Labute approximate surface area is 160 Å². The van der Waals surface area contributed by atoms with Gasteiger partial charge in [-0.2, -0.15) is 10.1 Å². The van der Waals surface area contributed by atoms with Crippen LogP contribution in [0.15, 0.2) is 4.52 Å². The topological polar surface area (TPSA) is 87.2 Å². The highest BCUT2D eigenvalue weighted by Gasteiger charge is 2.31. The molecule has 1 saturated heterocycles. The average Bonchev–Trinajstić information content (AvgIpc) is 3.27. The van der Waals surface area contributed by atoms with Crippen molar-refractivity contribution in [1.29, 1.82) is 0 Å². The van der Waals surface area contributed by atoms with E-state index in [1.54, 1.807) is 11.8 Å². The third-order valence-electron chi connectivity index (χ3n) is 5.18. The van der Waals surface area contributed by atoms with E-state index < -0.39 is 0 Å². The molecule has 27 heavy (non-hydrogen) atoms. The lowest BCUT2D eigenvalue weighted by atomic mass is 9.91. The predicted molar refractivity (Wildman–Crippen MR) is 101 cm³/mol. The van der Waals surface area contributed by atoms with Gasteiger partial charge in [-0.25, -0.2) is 4.68 Å². The Morgan fingerprint density at radius 1 is 1.30 bits per heavy atom. The van der Waals surface area contributed by atoms with E-state index in [4.69, 9.17) is 14.0 Å². The van der Waals surface area contributed by atoms with Gasteiger partial charge in [-0.1, -0.05) is 25.9 Å². The maximum absolute atomic E-state index is 5.63. The summed E-state index contributed by atoms with van der Waals surface area (Å²) < 4.78 is 18.5. The van der Waals surface area contributed by atoms with Gasteiger partial charge in [0, 0.05) is 32.7 Å².